The van der Waals surface area contributed by atoms with Crippen LogP contribution in [0.4, 0.5) is 0 Å². The highest BCUT2D eigenvalue weighted by atomic mass is 16.7. The van der Waals surface area contributed by atoms with E-state index >= 15 is 0 Å². The third-order valence-electron chi connectivity index (χ3n) is 9.08. The Labute approximate surface area is 174 Å². The SMILES string of the molecule is CC1(C)OC(=O)[C@@]2(C)[C@@H]3C=C(c4ccoc4)O[C@]45COC(=O)[C@@]4(C)CC[C@@]2(O1)[C@]35C. The van der Waals surface area contributed by atoms with Crippen LogP contribution < -0.4 is 0 Å². The van der Waals surface area contributed by atoms with E-state index in [4.69, 9.17) is 23.4 Å². The van der Waals surface area contributed by atoms with Crippen LogP contribution >= 0.6 is 0 Å². The van der Waals surface area contributed by atoms with Crippen molar-refractivity contribution in [2.45, 2.75) is 64.4 Å². The van der Waals surface area contributed by atoms with E-state index in [0.717, 1.165) is 5.56 Å². The molecule has 160 valence electrons. The molecule has 30 heavy (non-hydrogen) atoms. The number of rotatable bonds is 1. The van der Waals surface area contributed by atoms with Gasteiger partial charge >= 0.3 is 11.9 Å². The molecule has 4 heterocycles. The fourth-order valence-electron chi connectivity index (χ4n) is 7.58. The van der Waals surface area contributed by atoms with Crippen LogP contribution in [-0.2, 0) is 28.5 Å². The summed E-state index contributed by atoms with van der Waals surface area (Å²) in [7, 11) is 0. The van der Waals surface area contributed by atoms with Gasteiger partial charge in [0.1, 0.15) is 29.5 Å². The summed E-state index contributed by atoms with van der Waals surface area (Å²) in [5.41, 5.74) is -3.41. The van der Waals surface area contributed by atoms with Gasteiger partial charge in [0.2, 0.25) is 5.79 Å². The van der Waals surface area contributed by atoms with E-state index < -0.39 is 33.2 Å². The van der Waals surface area contributed by atoms with E-state index in [9.17, 15) is 9.59 Å². The molecule has 2 saturated carbocycles. The number of carbonyl (C=O) groups is 2. The third kappa shape index (κ3) is 1.52. The Hall–Kier alpha value is -2.28. The van der Waals surface area contributed by atoms with Gasteiger partial charge in [-0.25, -0.2) is 0 Å². The number of allylic oxidation sites excluding steroid dienone is 1. The maximum atomic E-state index is 13.4. The smallest absolute Gasteiger partial charge is 0.317 e. The van der Waals surface area contributed by atoms with Crippen LogP contribution in [0.2, 0.25) is 0 Å². The van der Waals surface area contributed by atoms with Crippen molar-refractivity contribution < 1.29 is 33.0 Å². The monoisotopic (exact) mass is 414 g/mol. The van der Waals surface area contributed by atoms with Crippen molar-refractivity contribution in [2.24, 2.45) is 22.2 Å². The van der Waals surface area contributed by atoms with Crippen molar-refractivity contribution in [1.82, 2.24) is 0 Å². The number of cyclic esters (lactones) is 2. The topological polar surface area (TPSA) is 84.2 Å². The molecule has 7 nitrogen and oxygen atoms in total. The minimum atomic E-state index is -1.06. The first-order valence-electron chi connectivity index (χ1n) is 10.5. The van der Waals surface area contributed by atoms with Crippen molar-refractivity contribution in [2.75, 3.05) is 6.61 Å². The first kappa shape index (κ1) is 18.5. The van der Waals surface area contributed by atoms with Gasteiger partial charge in [-0.1, -0.05) is 6.92 Å². The molecule has 6 rings (SSSR count). The molecule has 0 bridgehead atoms. The molecule has 1 aromatic heterocycles. The van der Waals surface area contributed by atoms with Crippen LogP contribution in [0.1, 0.15) is 53.0 Å². The molecular formula is C23H26O7. The lowest BCUT2D eigenvalue weighted by molar-refractivity contribution is -0.456. The zero-order chi connectivity index (χ0) is 21.4. The van der Waals surface area contributed by atoms with Crippen LogP contribution in [0.15, 0.2) is 29.1 Å². The van der Waals surface area contributed by atoms with E-state index in [-0.39, 0.29) is 24.5 Å². The standard InChI is InChI=1S/C23H26O7/c1-18(2)29-17(25)20(4)15-10-14(13-6-9-26-11-13)28-23-12-27-16(24)19(23,3)7-8-22(20,30-18)21(15,23)5/h6,9-11,15H,7-8,12H2,1-5H3/t15-,19+,20+,21-,22-,23+/m0/s1. The van der Waals surface area contributed by atoms with Gasteiger partial charge in [0.15, 0.2) is 5.60 Å². The molecule has 0 amide bonds. The van der Waals surface area contributed by atoms with E-state index in [2.05, 4.69) is 6.92 Å². The molecule has 2 saturated heterocycles. The van der Waals surface area contributed by atoms with Gasteiger partial charge in [0.05, 0.1) is 17.4 Å². The maximum absolute atomic E-state index is 13.4. The summed E-state index contributed by atoms with van der Waals surface area (Å²) in [5, 5.41) is 0. The van der Waals surface area contributed by atoms with Crippen LogP contribution in [0.3, 0.4) is 0 Å². The van der Waals surface area contributed by atoms with Gasteiger partial charge in [-0.3, -0.25) is 9.59 Å². The Morgan fingerprint density at radius 1 is 0.967 bits per heavy atom. The molecule has 0 unspecified atom stereocenters. The van der Waals surface area contributed by atoms with Crippen LogP contribution in [-0.4, -0.2) is 35.5 Å². The molecule has 7 heteroatoms. The molecule has 2 aliphatic carbocycles. The molecule has 2 spiro atoms. The van der Waals surface area contributed by atoms with Crippen LogP contribution in [0, 0.1) is 22.2 Å². The number of fused-ring (bicyclic) bond motifs is 1. The Balaban J connectivity index is 1.64. The summed E-state index contributed by atoms with van der Waals surface area (Å²) in [4.78, 5) is 26.4. The van der Waals surface area contributed by atoms with Crippen molar-refractivity contribution in [3.63, 3.8) is 0 Å². The van der Waals surface area contributed by atoms with E-state index in [1.54, 1.807) is 26.4 Å². The van der Waals surface area contributed by atoms with Crippen LogP contribution in [0.5, 0.6) is 0 Å². The number of hydrogen-bond acceptors (Lipinski definition) is 7. The third-order valence-corrected chi connectivity index (χ3v) is 9.08. The normalized spacial score (nSPS) is 50.0. The Morgan fingerprint density at radius 3 is 2.43 bits per heavy atom. The molecule has 0 N–H and O–H groups in total. The molecule has 6 atom stereocenters. The van der Waals surface area contributed by atoms with Gasteiger partial charge in [-0.05, 0) is 38.8 Å². The zero-order valence-electron chi connectivity index (χ0n) is 17.9. The average Bonchev–Trinajstić information content (AvgIpc) is 3.29. The van der Waals surface area contributed by atoms with E-state index in [1.165, 1.54) is 0 Å². The number of esters is 2. The van der Waals surface area contributed by atoms with Crippen molar-refractivity contribution in [1.29, 1.82) is 0 Å². The number of carbonyl (C=O) groups excluding carboxylic acids is 2. The Morgan fingerprint density at radius 2 is 1.73 bits per heavy atom. The van der Waals surface area contributed by atoms with Crippen molar-refractivity contribution in [3.05, 3.63) is 30.2 Å². The Bertz CT molecular complexity index is 1020. The summed E-state index contributed by atoms with van der Waals surface area (Å²) in [6.45, 7) is 9.61. The summed E-state index contributed by atoms with van der Waals surface area (Å²) in [5.74, 6) is -1.23. The molecule has 0 aromatic carbocycles. The number of furan rings is 1. The molecule has 0 radical (unpaired) electrons. The highest BCUT2D eigenvalue weighted by Gasteiger charge is 2.94. The summed E-state index contributed by atoms with van der Waals surface area (Å²) >= 11 is 0. The first-order valence-corrected chi connectivity index (χ1v) is 10.5. The maximum Gasteiger partial charge on any atom is 0.317 e. The highest BCUT2D eigenvalue weighted by Crippen LogP contribution is 2.83. The quantitative estimate of drug-likeness (QED) is 0.651. The highest BCUT2D eigenvalue weighted by molar-refractivity contribution is 5.88. The predicted molar refractivity (Wildman–Crippen MR) is 102 cm³/mol. The molecule has 1 aromatic rings. The molecule has 3 aliphatic heterocycles. The lowest BCUT2D eigenvalue weighted by atomic mass is 9.27. The second kappa shape index (κ2) is 4.79. The summed E-state index contributed by atoms with van der Waals surface area (Å²) < 4.78 is 30.1. The fraction of sp³-hybridized carbons (Fsp3) is 0.652. The minimum Gasteiger partial charge on any atom is -0.481 e. The van der Waals surface area contributed by atoms with Crippen LogP contribution in [0.25, 0.3) is 5.76 Å². The number of hydrogen-bond donors (Lipinski definition) is 0. The second-order valence-electron chi connectivity index (χ2n) is 10.5. The number of ether oxygens (including phenoxy) is 4. The minimum absolute atomic E-state index is 0.126. The Kier molecular flexibility index (Phi) is 2.95. The molecule has 4 fully saturated rings. The average molecular weight is 414 g/mol. The first-order chi connectivity index (χ1) is 14.0. The second-order valence-corrected chi connectivity index (χ2v) is 10.5. The van der Waals surface area contributed by atoms with Crippen molar-refractivity contribution in [3.8, 4) is 0 Å². The lowest BCUT2D eigenvalue weighted by Crippen LogP contribution is -2.91. The fourth-order valence-corrected chi connectivity index (χ4v) is 7.58. The van der Waals surface area contributed by atoms with Gasteiger partial charge in [0, 0.05) is 25.2 Å². The summed E-state index contributed by atoms with van der Waals surface area (Å²) in [6.07, 6.45) is 6.24. The lowest BCUT2D eigenvalue weighted by Gasteiger charge is -2.81. The molecule has 5 aliphatic rings. The van der Waals surface area contributed by atoms with E-state index in [0.29, 0.717) is 18.6 Å². The van der Waals surface area contributed by atoms with Crippen molar-refractivity contribution >= 4 is 17.7 Å². The largest absolute Gasteiger partial charge is 0.481 e. The van der Waals surface area contributed by atoms with Gasteiger partial charge in [0.25, 0.3) is 0 Å². The van der Waals surface area contributed by atoms with Gasteiger partial charge < -0.3 is 23.4 Å². The molecular weight excluding hydrogens is 388 g/mol. The van der Waals surface area contributed by atoms with Gasteiger partial charge in [-0.15, -0.1) is 0 Å². The summed E-state index contributed by atoms with van der Waals surface area (Å²) in [6, 6.07) is 1.82. The zero-order valence-corrected chi connectivity index (χ0v) is 17.9. The van der Waals surface area contributed by atoms with Gasteiger partial charge in [-0.2, -0.15) is 0 Å². The van der Waals surface area contributed by atoms with E-state index in [1.807, 2.05) is 26.0 Å². The predicted octanol–water partition coefficient (Wildman–Crippen LogP) is 3.44.